The van der Waals surface area contributed by atoms with Crippen LogP contribution in [0.5, 0.6) is 5.75 Å². The molecule has 4 nitrogen and oxygen atoms in total. The molecule has 0 radical (unpaired) electrons. The summed E-state index contributed by atoms with van der Waals surface area (Å²) >= 11 is 0. The van der Waals surface area contributed by atoms with Crippen molar-refractivity contribution in [2.24, 2.45) is 0 Å². The molecule has 130 valence electrons. The van der Waals surface area contributed by atoms with Crippen LogP contribution in [0.2, 0.25) is 0 Å². The molecule has 1 unspecified atom stereocenters. The van der Waals surface area contributed by atoms with E-state index in [9.17, 15) is 4.79 Å². The van der Waals surface area contributed by atoms with Crippen LogP contribution in [0.25, 0.3) is 10.8 Å². The Bertz CT molecular complexity index is 761. The summed E-state index contributed by atoms with van der Waals surface area (Å²) in [4.78, 5) is 14.5. The van der Waals surface area contributed by atoms with Gasteiger partial charge in [0.2, 0.25) is 5.91 Å². The van der Waals surface area contributed by atoms with E-state index in [1.165, 1.54) is 0 Å². The highest BCUT2D eigenvalue weighted by Gasteiger charge is 2.27. The summed E-state index contributed by atoms with van der Waals surface area (Å²) in [5.41, 5.74) is 0. The van der Waals surface area contributed by atoms with Gasteiger partial charge >= 0.3 is 0 Å². The smallest absolute Gasteiger partial charge is 0.237 e. The molecule has 1 saturated heterocycles. The minimum absolute atomic E-state index is 0.0523. The predicted molar refractivity (Wildman–Crippen MR) is 100 cm³/mol. The molecule has 0 spiro atoms. The minimum atomic E-state index is -0.109. The predicted octanol–water partition coefficient (Wildman–Crippen LogP) is 2.82. The normalized spacial score (nSPS) is 17.8. The summed E-state index contributed by atoms with van der Waals surface area (Å²) < 4.78 is 5.87. The quantitative estimate of drug-likeness (QED) is 0.651. The molecule has 25 heavy (non-hydrogen) atoms. The van der Waals surface area contributed by atoms with Gasteiger partial charge in [0.1, 0.15) is 12.4 Å². The Morgan fingerprint density at radius 3 is 2.96 bits per heavy atom. The van der Waals surface area contributed by atoms with Gasteiger partial charge in [-0.3, -0.25) is 9.69 Å². The fourth-order valence-corrected chi connectivity index (χ4v) is 3.37. The maximum absolute atomic E-state index is 12.4. The Morgan fingerprint density at radius 1 is 1.24 bits per heavy atom. The average Bonchev–Trinajstić information content (AvgIpc) is 2.66. The molecule has 1 N–H and O–H groups in total. The number of nitrogens with one attached hydrogen (secondary N) is 1. The zero-order valence-electron chi connectivity index (χ0n) is 14.4. The van der Waals surface area contributed by atoms with E-state index in [0.29, 0.717) is 19.7 Å². The van der Waals surface area contributed by atoms with Crippen LogP contribution in [-0.2, 0) is 4.79 Å². The Balaban J connectivity index is 1.51. The molecular formula is C21H24N2O2. The van der Waals surface area contributed by atoms with Crippen molar-refractivity contribution in [2.75, 3.05) is 26.2 Å². The van der Waals surface area contributed by atoms with Gasteiger partial charge in [-0.05, 0) is 30.8 Å². The number of hydrogen-bond donors (Lipinski definition) is 1. The summed E-state index contributed by atoms with van der Waals surface area (Å²) in [7, 11) is 0. The lowest BCUT2D eigenvalue weighted by molar-refractivity contribution is -0.127. The maximum atomic E-state index is 12.4. The van der Waals surface area contributed by atoms with Crippen molar-refractivity contribution >= 4 is 16.7 Å². The highest BCUT2D eigenvalue weighted by atomic mass is 16.5. The van der Waals surface area contributed by atoms with E-state index in [-0.39, 0.29) is 11.9 Å². The van der Waals surface area contributed by atoms with Crippen molar-refractivity contribution in [2.45, 2.75) is 25.3 Å². The third kappa shape index (κ3) is 4.32. The van der Waals surface area contributed by atoms with Crippen molar-refractivity contribution in [3.8, 4) is 18.1 Å². The summed E-state index contributed by atoms with van der Waals surface area (Å²) in [6.45, 7) is 2.36. The van der Waals surface area contributed by atoms with E-state index < -0.39 is 0 Å². The highest BCUT2D eigenvalue weighted by molar-refractivity contribution is 5.88. The molecular weight excluding hydrogens is 312 g/mol. The number of terminal acetylenes is 1. The number of carbonyl (C=O) groups is 1. The summed E-state index contributed by atoms with van der Waals surface area (Å²) in [5.74, 6) is 3.55. The first kappa shape index (κ1) is 17.3. The topological polar surface area (TPSA) is 41.6 Å². The Morgan fingerprint density at radius 2 is 2.08 bits per heavy atom. The summed E-state index contributed by atoms with van der Waals surface area (Å²) in [6.07, 6.45) is 8.46. The second-order valence-corrected chi connectivity index (χ2v) is 6.30. The molecule has 4 heteroatoms. The van der Waals surface area contributed by atoms with Gasteiger partial charge in [-0.15, -0.1) is 6.42 Å². The second-order valence-electron chi connectivity index (χ2n) is 6.30. The number of benzene rings is 2. The molecule has 1 aliphatic heterocycles. The number of piperidine rings is 1. The SMILES string of the molecule is C#CCN1CCCCC1C(=O)NCCOc1cccc2ccccc12. The number of fused-ring (bicyclic) bond motifs is 1. The first-order valence-electron chi connectivity index (χ1n) is 8.85. The summed E-state index contributed by atoms with van der Waals surface area (Å²) in [5, 5.41) is 5.22. The average molecular weight is 336 g/mol. The van der Waals surface area contributed by atoms with Crippen molar-refractivity contribution < 1.29 is 9.53 Å². The molecule has 0 aliphatic carbocycles. The van der Waals surface area contributed by atoms with Gasteiger partial charge in [-0.1, -0.05) is 48.7 Å². The van der Waals surface area contributed by atoms with E-state index in [0.717, 1.165) is 42.3 Å². The number of rotatable bonds is 6. The summed E-state index contributed by atoms with van der Waals surface area (Å²) in [6, 6.07) is 14.0. The number of ether oxygens (including phenoxy) is 1. The molecule has 0 saturated carbocycles. The van der Waals surface area contributed by atoms with Gasteiger partial charge in [-0.2, -0.15) is 0 Å². The molecule has 2 aromatic carbocycles. The van der Waals surface area contributed by atoms with E-state index in [4.69, 9.17) is 11.2 Å². The van der Waals surface area contributed by atoms with Gasteiger partial charge in [0.25, 0.3) is 0 Å². The van der Waals surface area contributed by atoms with Gasteiger partial charge < -0.3 is 10.1 Å². The van der Waals surface area contributed by atoms with Crippen LogP contribution < -0.4 is 10.1 Å². The molecule has 1 heterocycles. The molecule has 1 amide bonds. The molecule has 3 rings (SSSR count). The molecule has 2 aromatic rings. The lowest BCUT2D eigenvalue weighted by Crippen LogP contribution is -2.50. The van der Waals surface area contributed by atoms with E-state index >= 15 is 0 Å². The van der Waals surface area contributed by atoms with Crippen LogP contribution in [0.4, 0.5) is 0 Å². The van der Waals surface area contributed by atoms with Crippen molar-refractivity contribution in [1.82, 2.24) is 10.2 Å². The number of carbonyl (C=O) groups excluding carboxylic acids is 1. The Labute approximate surface area is 149 Å². The molecule has 0 aromatic heterocycles. The third-order valence-electron chi connectivity index (χ3n) is 4.62. The largest absolute Gasteiger partial charge is 0.491 e. The molecule has 1 aliphatic rings. The van der Waals surface area contributed by atoms with E-state index in [2.05, 4.69) is 28.3 Å². The minimum Gasteiger partial charge on any atom is -0.491 e. The van der Waals surface area contributed by atoms with Crippen LogP contribution in [0.15, 0.2) is 42.5 Å². The monoisotopic (exact) mass is 336 g/mol. The van der Waals surface area contributed by atoms with Crippen LogP contribution >= 0.6 is 0 Å². The van der Waals surface area contributed by atoms with Crippen LogP contribution in [0.1, 0.15) is 19.3 Å². The van der Waals surface area contributed by atoms with Gasteiger partial charge in [0.05, 0.1) is 19.1 Å². The van der Waals surface area contributed by atoms with Crippen molar-refractivity contribution in [1.29, 1.82) is 0 Å². The zero-order valence-corrected chi connectivity index (χ0v) is 14.4. The Hall–Kier alpha value is -2.51. The zero-order chi connectivity index (χ0) is 17.5. The second kappa shape index (κ2) is 8.55. The van der Waals surface area contributed by atoms with E-state index in [1.807, 2.05) is 30.3 Å². The first-order valence-corrected chi connectivity index (χ1v) is 8.85. The number of hydrogen-bond acceptors (Lipinski definition) is 3. The molecule has 0 bridgehead atoms. The standard InChI is InChI=1S/C21H24N2O2/c1-2-14-23-15-6-5-11-19(23)21(24)22-13-16-25-20-12-7-9-17-8-3-4-10-18(17)20/h1,3-4,7-10,12,19H,5-6,11,13-16H2,(H,22,24). The van der Waals surface area contributed by atoms with Crippen LogP contribution in [0.3, 0.4) is 0 Å². The van der Waals surface area contributed by atoms with Gasteiger partial charge in [-0.25, -0.2) is 0 Å². The molecule has 1 atom stereocenters. The van der Waals surface area contributed by atoms with Crippen LogP contribution in [0, 0.1) is 12.3 Å². The van der Waals surface area contributed by atoms with Crippen molar-refractivity contribution in [3.63, 3.8) is 0 Å². The molecule has 1 fully saturated rings. The third-order valence-corrected chi connectivity index (χ3v) is 4.62. The van der Waals surface area contributed by atoms with Gasteiger partial charge in [0.15, 0.2) is 0 Å². The van der Waals surface area contributed by atoms with Crippen molar-refractivity contribution in [3.05, 3.63) is 42.5 Å². The van der Waals surface area contributed by atoms with Gasteiger partial charge in [0, 0.05) is 5.39 Å². The fraction of sp³-hybridized carbons (Fsp3) is 0.381. The lowest BCUT2D eigenvalue weighted by Gasteiger charge is -2.33. The number of likely N-dealkylation sites (tertiary alicyclic amines) is 1. The maximum Gasteiger partial charge on any atom is 0.237 e. The van der Waals surface area contributed by atoms with E-state index in [1.54, 1.807) is 0 Å². The van der Waals surface area contributed by atoms with Crippen LogP contribution in [-0.4, -0.2) is 43.1 Å². The first-order chi connectivity index (χ1) is 12.3. The number of nitrogens with zero attached hydrogens (tertiary/aromatic N) is 1. The lowest BCUT2D eigenvalue weighted by atomic mass is 10.0. The highest BCUT2D eigenvalue weighted by Crippen LogP contribution is 2.24. The number of amides is 1. The fourth-order valence-electron chi connectivity index (χ4n) is 3.37. The Kier molecular flexibility index (Phi) is 5.92.